The molecule has 0 atom stereocenters. The van der Waals surface area contributed by atoms with Gasteiger partial charge >= 0.3 is 0 Å². The first kappa shape index (κ1) is 13.5. The molecule has 3 rings (SSSR count). The third-order valence-corrected chi connectivity index (χ3v) is 5.36. The highest BCUT2D eigenvalue weighted by atomic mass is 35.5. The lowest BCUT2D eigenvalue weighted by atomic mass is 10.2. The molecule has 1 N–H and O–H groups in total. The number of carbonyl (C=O) groups is 1. The maximum atomic E-state index is 12.3. The van der Waals surface area contributed by atoms with Gasteiger partial charge in [0.1, 0.15) is 4.88 Å². The maximum absolute atomic E-state index is 12.3. The summed E-state index contributed by atoms with van der Waals surface area (Å²) in [6.07, 6.45) is 0. The topological polar surface area (TPSA) is 42.0 Å². The summed E-state index contributed by atoms with van der Waals surface area (Å²) in [7, 11) is 0. The number of hydrogen-bond acceptors (Lipinski definition) is 4. The summed E-state index contributed by atoms with van der Waals surface area (Å²) in [4.78, 5) is 17.0. The number of nitrogens with zero attached hydrogens (tertiary/aromatic N) is 1. The summed E-state index contributed by atoms with van der Waals surface area (Å²) >= 11 is 9.12. The van der Waals surface area contributed by atoms with Gasteiger partial charge in [0.05, 0.1) is 10.7 Å². The van der Waals surface area contributed by atoms with E-state index in [0.717, 1.165) is 21.3 Å². The molecule has 0 fully saturated rings. The summed E-state index contributed by atoms with van der Waals surface area (Å²) in [5.41, 5.74) is 2.04. The van der Waals surface area contributed by atoms with Gasteiger partial charge in [-0.25, -0.2) is 4.98 Å². The van der Waals surface area contributed by atoms with Crippen LogP contribution in [0.4, 0.5) is 5.13 Å². The Labute approximate surface area is 129 Å². The standard InChI is InChI=1S/C14H11ClN2OS2/c1-7-3-4-9-10(5-7)20-12(11(9)15)13(18)17-14-16-8(2)6-19-14/h3-6H,1-2H3,(H,16,17,18). The van der Waals surface area contributed by atoms with Gasteiger partial charge in [-0.3, -0.25) is 10.1 Å². The minimum atomic E-state index is -0.205. The zero-order valence-electron chi connectivity index (χ0n) is 10.9. The van der Waals surface area contributed by atoms with Gasteiger partial charge in [-0.05, 0) is 25.5 Å². The number of carbonyl (C=O) groups excluding carboxylic acids is 1. The van der Waals surface area contributed by atoms with Crippen LogP contribution in [0.15, 0.2) is 23.6 Å². The second-order valence-corrected chi connectivity index (χ2v) is 6.78. The molecule has 0 bridgehead atoms. The number of amides is 1. The molecule has 0 aliphatic carbocycles. The number of rotatable bonds is 2. The van der Waals surface area contributed by atoms with Crippen LogP contribution in [0.25, 0.3) is 10.1 Å². The molecule has 0 spiro atoms. The van der Waals surface area contributed by atoms with E-state index in [9.17, 15) is 4.79 Å². The summed E-state index contributed by atoms with van der Waals surface area (Å²) in [6, 6.07) is 5.98. The fourth-order valence-electron chi connectivity index (χ4n) is 1.88. The predicted octanol–water partition coefficient (Wildman–Crippen LogP) is 4.88. The van der Waals surface area contributed by atoms with Crippen molar-refractivity contribution in [1.29, 1.82) is 0 Å². The molecule has 1 amide bonds. The normalized spacial score (nSPS) is 10.9. The van der Waals surface area contributed by atoms with Crippen molar-refractivity contribution in [2.24, 2.45) is 0 Å². The minimum absolute atomic E-state index is 0.205. The van der Waals surface area contributed by atoms with Crippen LogP contribution in [0, 0.1) is 13.8 Å². The first-order valence-corrected chi connectivity index (χ1v) is 8.04. The summed E-state index contributed by atoms with van der Waals surface area (Å²) < 4.78 is 1.02. The van der Waals surface area contributed by atoms with E-state index in [0.29, 0.717) is 15.0 Å². The Kier molecular flexibility index (Phi) is 3.50. The monoisotopic (exact) mass is 322 g/mol. The molecule has 102 valence electrons. The smallest absolute Gasteiger partial charge is 0.269 e. The zero-order chi connectivity index (χ0) is 14.3. The lowest BCUT2D eigenvalue weighted by molar-refractivity contribution is 0.103. The SMILES string of the molecule is Cc1ccc2c(Cl)c(C(=O)Nc3nc(C)cs3)sc2c1. The molecule has 3 nitrogen and oxygen atoms in total. The number of benzene rings is 1. The number of aryl methyl sites for hydroxylation is 2. The quantitative estimate of drug-likeness (QED) is 0.730. The number of thiophene rings is 1. The Bertz CT molecular complexity index is 807. The van der Waals surface area contributed by atoms with Crippen LogP contribution in [-0.2, 0) is 0 Å². The van der Waals surface area contributed by atoms with E-state index in [-0.39, 0.29) is 5.91 Å². The van der Waals surface area contributed by atoms with Crippen LogP contribution in [-0.4, -0.2) is 10.9 Å². The van der Waals surface area contributed by atoms with Gasteiger partial charge in [-0.15, -0.1) is 22.7 Å². The van der Waals surface area contributed by atoms with Crippen molar-refractivity contribution >= 4 is 55.4 Å². The molecular weight excluding hydrogens is 312 g/mol. The van der Waals surface area contributed by atoms with Crippen LogP contribution in [0.3, 0.4) is 0 Å². The third-order valence-electron chi connectivity index (χ3n) is 2.83. The van der Waals surface area contributed by atoms with Gasteiger partial charge in [-0.1, -0.05) is 23.7 Å². The van der Waals surface area contributed by atoms with Gasteiger partial charge in [0, 0.05) is 15.5 Å². The lowest BCUT2D eigenvalue weighted by Crippen LogP contribution is -2.10. The number of aromatic nitrogens is 1. The number of fused-ring (bicyclic) bond motifs is 1. The van der Waals surface area contributed by atoms with Crippen molar-refractivity contribution in [3.05, 3.63) is 44.7 Å². The Morgan fingerprint density at radius 3 is 2.85 bits per heavy atom. The molecule has 0 aliphatic rings. The number of anilines is 1. The molecule has 3 aromatic rings. The Morgan fingerprint density at radius 1 is 1.35 bits per heavy atom. The van der Waals surface area contributed by atoms with Crippen LogP contribution < -0.4 is 5.32 Å². The van der Waals surface area contributed by atoms with Crippen LogP contribution >= 0.6 is 34.3 Å². The van der Waals surface area contributed by atoms with E-state index >= 15 is 0 Å². The van der Waals surface area contributed by atoms with Crippen molar-refractivity contribution < 1.29 is 4.79 Å². The highest BCUT2D eigenvalue weighted by Gasteiger charge is 2.18. The number of thiazole rings is 1. The van der Waals surface area contributed by atoms with Crippen molar-refractivity contribution in [2.75, 3.05) is 5.32 Å². The number of hydrogen-bond donors (Lipinski definition) is 1. The average molecular weight is 323 g/mol. The largest absolute Gasteiger partial charge is 0.297 e. The van der Waals surface area contributed by atoms with E-state index in [2.05, 4.69) is 10.3 Å². The molecule has 1 aromatic carbocycles. The molecule has 0 unspecified atom stereocenters. The van der Waals surface area contributed by atoms with E-state index in [1.54, 1.807) is 0 Å². The zero-order valence-corrected chi connectivity index (χ0v) is 13.2. The van der Waals surface area contributed by atoms with Gasteiger partial charge < -0.3 is 0 Å². The highest BCUT2D eigenvalue weighted by molar-refractivity contribution is 7.21. The number of halogens is 1. The van der Waals surface area contributed by atoms with E-state index in [1.807, 2.05) is 37.4 Å². The molecule has 20 heavy (non-hydrogen) atoms. The second kappa shape index (κ2) is 5.16. The summed E-state index contributed by atoms with van der Waals surface area (Å²) in [5, 5.41) is 6.71. The first-order chi connectivity index (χ1) is 9.54. The molecule has 0 saturated carbocycles. The molecule has 2 heterocycles. The molecule has 0 saturated heterocycles. The Hall–Kier alpha value is -1.43. The van der Waals surface area contributed by atoms with Gasteiger partial charge in [0.2, 0.25) is 0 Å². The summed E-state index contributed by atoms with van der Waals surface area (Å²) in [6.45, 7) is 3.91. The fourth-order valence-corrected chi connectivity index (χ4v) is 4.08. The molecule has 0 aliphatic heterocycles. The first-order valence-electron chi connectivity index (χ1n) is 5.97. The predicted molar refractivity (Wildman–Crippen MR) is 86.4 cm³/mol. The highest BCUT2D eigenvalue weighted by Crippen LogP contribution is 2.36. The van der Waals surface area contributed by atoms with E-state index in [4.69, 9.17) is 11.6 Å². The number of nitrogens with one attached hydrogen (secondary N) is 1. The van der Waals surface area contributed by atoms with E-state index < -0.39 is 0 Å². The van der Waals surface area contributed by atoms with Gasteiger partial charge in [0.15, 0.2) is 5.13 Å². The minimum Gasteiger partial charge on any atom is -0.297 e. The van der Waals surface area contributed by atoms with E-state index in [1.165, 1.54) is 22.7 Å². The molecule has 6 heteroatoms. The maximum Gasteiger partial charge on any atom is 0.269 e. The van der Waals surface area contributed by atoms with Crippen LogP contribution in [0.5, 0.6) is 0 Å². The van der Waals surface area contributed by atoms with Crippen molar-refractivity contribution in [3.63, 3.8) is 0 Å². The Balaban J connectivity index is 1.97. The van der Waals surface area contributed by atoms with Crippen LogP contribution in [0.2, 0.25) is 5.02 Å². The Morgan fingerprint density at radius 2 is 2.15 bits per heavy atom. The van der Waals surface area contributed by atoms with Crippen LogP contribution in [0.1, 0.15) is 20.9 Å². The fraction of sp³-hybridized carbons (Fsp3) is 0.143. The van der Waals surface area contributed by atoms with Crippen molar-refractivity contribution in [2.45, 2.75) is 13.8 Å². The van der Waals surface area contributed by atoms with Gasteiger partial charge in [0.25, 0.3) is 5.91 Å². The van der Waals surface area contributed by atoms with Crippen molar-refractivity contribution in [3.8, 4) is 0 Å². The second-order valence-electron chi connectivity index (χ2n) is 4.49. The van der Waals surface area contributed by atoms with Crippen molar-refractivity contribution in [1.82, 2.24) is 4.98 Å². The summed E-state index contributed by atoms with van der Waals surface area (Å²) in [5.74, 6) is -0.205. The third kappa shape index (κ3) is 2.44. The molecular formula is C14H11ClN2OS2. The van der Waals surface area contributed by atoms with Gasteiger partial charge in [-0.2, -0.15) is 0 Å². The molecule has 0 radical (unpaired) electrons. The average Bonchev–Trinajstić information content (AvgIpc) is 2.94. The molecule has 2 aromatic heterocycles. The lowest BCUT2D eigenvalue weighted by Gasteiger charge is -1.98.